The van der Waals surface area contributed by atoms with Gasteiger partial charge in [0, 0.05) is 53.1 Å². The number of benzene rings is 1. The lowest BCUT2D eigenvalue weighted by atomic mass is 10.1. The van der Waals surface area contributed by atoms with E-state index in [-0.39, 0.29) is 42.0 Å². The van der Waals surface area contributed by atoms with Crippen molar-refractivity contribution in [2.24, 2.45) is 5.73 Å². The zero-order valence-corrected chi connectivity index (χ0v) is 25.8. The number of primary amides is 1. The number of hydroxylamine groups is 1. The first-order valence-corrected chi connectivity index (χ1v) is 15.1. The summed E-state index contributed by atoms with van der Waals surface area (Å²) >= 11 is 0.926. The first-order valence-electron chi connectivity index (χ1n) is 14.1. The Morgan fingerprint density at radius 1 is 1.13 bits per heavy atom. The number of carboxylic acid groups (broad SMARTS) is 1. The maximum atomic E-state index is 13.5. The Morgan fingerprint density at radius 3 is 2.53 bits per heavy atom. The van der Waals surface area contributed by atoms with E-state index in [1.54, 1.807) is 0 Å². The number of nitro groups is 1. The molecule has 2 rings (SSSR count). The van der Waals surface area contributed by atoms with Gasteiger partial charge in [-0.3, -0.25) is 38.9 Å². The number of nitrogens with one attached hydrogen (secondary N) is 4. The van der Waals surface area contributed by atoms with Gasteiger partial charge < -0.3 is 32.1 Å². The number of carboxylic acids is 1. The maximum Gasteiger partial charge on any atom is 0.303 e. The van der Waals surface area contributed by atoms with Crippen LogP contribution in [0.1, 0.15) is 48.9 Å². The third kappa shape index (κ3) is 13.7. The number of thioether (sulfide) groups is 1. The number of unbranched alkanes of at least 4 members (excludes halogenated alkanes) is 1. The number of aliphatic carboxylic acids is 1. The van der Waals surface area contributed by atoms with Crippen molar-refractivity contribution in [1.82, 2.24) is 21.3 Å². The number of fused-ring (bicyclic) bond motifs is 1. The van der Waals surface area contributed by atoms with E-state index in [1.807, 2.05) is 5.92 Å². The zero-order valence-electron chi connectivity index (χ0n) is 24.9. The number of carbonyl (C=O) groups is 6. The average Bonchev–Trinajstić information content (AvgIpc) is 3.02. The first kappa shape index (κ1) is 37.8. The summed E-state index contributed by atoms with van der Waals surface area (Å²) in [6.45, 7) is 0.224. The summed E-state index contributed by atoms with van der Waals surface area (Å²) in [4.78, 5) is 96.0. The minimum absolute atomic E-state index is 0.0539. The van der Waals surface area contributed by atoms with Crippen LogP contribution < -0.4 is 32.5 Å². The molecule has 0 spiro atoms. The molecule has 19 heteroatoms. The molecule has 252 valence electrons. The summed E-state index contributed by atoms with van der Waals surface area (Å²) in [5.41, 5.74) is 5.80. The molecule has 18 nitrogen and oxygen atoms in total. The molecule has 0 unspecified atom stereocenters. The van der Waals surface area contributed by atoms with Gasteiger partial charge in [-0.05, 0) is 37.7 Å². The second-order valence-electron chi connectivity index (χ2n) is 9.84. The molecule has 1 heterocycles. The number of amides is 5. The third-order valence-electron chi connectivity index (χ3n) is 6.38. The molecule has 0 saturated heterocycles. The molecule has 0 saturated carbocycles. The number of nitro benzene ring substituents is 1. The Hall–Kier alpha value is -5.37. The highest BCUT2D eigenvalue weighted by Crippen LogP contribution is 2.28. The van der Waals surface area contributed by atoms with Crippen molar-refractivity contribution in [2.75, 3.05) is 18.8 Å². The highest BCUT2D eigenvalue weighted by atomic mass is 32.2. The monoisotopic (exact) mass is 676 g/mol. The van der Waals surface area contributed by atoms with Crippen LogP contribution in [0.25, 0.3) is 0 Å². The van der Waals surface area contributed by atoms with Crippen LogP contribution in [0.15, 0.2) is 23.1 Å². The lowest BCUT2D eigenvalue weighted by Gasteiger charge is -2.24. The zero-order chi connectivity index (χ0) is 34.8. The van der Waals surface area contributed by atoms with Crippen molar-refractivity contribution >= 4 is 53.0 Å². The van der Waals surface area contributed by atoms with Gasteiger partial charge in [0.15, 0.2) is 6.11 Å². The van der Waals surface area contributed by atoms with E-state index in [1.165, 1.54) is 11.5 Å². The van der Waals surface area contributed by atoms with Crippen LogP contribution >= 0.6 is 11.8 Å². The first-order chi connectivity index (χ1) is 22.4. The molecule has 1 aliphatic rings. The summed E-state index contributed by atoms with van der Waals surface area (Å²) < 4.78 is 0. The Bertz CT molecular complexity index is 1450. The molecule has 1 aliphatic heterocycles. The second-order valence-corrected chi connectivity index (χ2v) is 10.9. The van der Waals surface area contributed by atoms with Gasteiger partial charge in [0.1, 0.15) is 24.7 Å². The SMILES string of the molecule is C#CC#COO[NH2+]CCCC[C@@H]1NC(=O)[C@H](CCC(=O)O)NC(=O)c2cc([N+](=O)[O-])ccc2SC[C@@H](C(=O)NCCC(N)=O)NC1=O. The topological polar surface area (TPSA) is 275 Å². The van der Waals surface area contributed by atoms with E-state index < -0.39 is 70.7 Å². The molecule has 0 radical (unpaired) electrons. The molecule has 47 heavy (non-hydrogen) atoms. The second kappa shape index (κ2) is 19.9. The fourth-order valence-corrected chi connectivity index (χ4v) is 5.09. The van der Waals surface area contributed by atoms with Gasteiger partial charge in [-0.15, -0.1) is 18.2 Å². The van der Waals surface area contributed by atoms with E-state index in [9.17, 15) is 44.0 Å². The molecule has 0 fully saturated rings. The van der Waals surface area contributed by atoms with Crippen molar-refractivity contribution in [3.8, 4) is 24.4 Å². The normalized spacial score (nSPS) is 18.0. The van der Waals surface area contributed by atoms with E-state index >= 15 is 0 Å². The number of hydrogen-bond donors (Lipinski definition) is 7. The quantitative estimate of drug-likeness (QED) is 0.0343. The van der Waals surface area contributed by atoms with Gasteiger partial charge in [-0.1, -0.05) is 0 Å². The van der Waals surface area contributed by atoms with Gasteiger partial charge in [0.05, 0.1) is 10.5 Å². The van der Waals surface area contributed by atoms with Crippen molar-refractivity contribution in [3.63, 3.8) is 0 Å². The number of rotatable bonds is 15. The molecule has 9 N–H and O–H groups in total. The van der Waals surface area contributed by atoms with Gasteiger partial charge in [-0.2, -0.15) is 5.48 Å². The highest BCUT2D eigenvalue weighted by molar-refractivity contribution is 7.99. The maximum absolute atomic E-state index is 13.5. The lowest BCUT2D eigenvalue weighted by Crippen LogP contribution is -2.82. The summed E-state index contributed by atoms with van der Waals surface area (Å²) in [6.07, 6.45) is 6.85. The predicted octanol–water partition coefficient (Wildman–Crippen LogP) is -2.18. The summed E-state index contributed by atoms with van der Waals surface area (Å²) in [5, 5.41) is 30.7. The summed E-state index contributed by atoms with van der Waals surface area (Å²) in [6, 6.07) is -0.521. The Kier molecular flexibility index (Phi) is 16.0. The largest absolute Gasteiger partial charge is 0.481 e. The van der Waals surface area contributed by atoms with Gasteiger partial charge in [0.2, 0.25) is 23.6 Å². The van der Waals surface area contributed by atoms with Crippen LogP contribution in [0, 0.1) is 34.5 Å². The molecule has 1 aromatic rings. The minimum Gasteiger partial charge on any atom is -0.481 e. The van der Waals surface area contributed by atoms with E-state index in [0.717, 1.165) is 23.9 Å². The predicted molar refractivity (Wildman–Crippen MR) is 162 cm³/mol. The number of nitrogens with zero attached hydrogens (tertiary/aromatic N) is 1. The average molecular weight is 677 g/mol. The van der Waals surface area contributed by atoms with Gasteiger partial charge in [-0.25, -0.2) is 4.89 Å². The number of nitrogens with two attached hydrogens (primary N) is 2. The molecular formula is C28H34N7O11S+. The molecule has 0 bridgehead atoms. The van der Waals surface area contributed by atoms with E-state index in [2.05, 4.69) is 38.2 Å². The number of terminal acetylenes is 1. The molecular weight excluding hydrogens is 642 g/mol. The number of non-ortho nitro benzene ring substituents is 1. The molecule has 0 aromatic heterocycles. The van der Waals surface area contributed by atoms with Crippen molar-refractivity contribution < 1.29 is 54.2 Å². The van der Waals surface area contributed by atoms with Gasteiger partial charge in [0.25, 0.3) is 11.6 Å². The molecule has 5 amide bonds. The smallest absolute Gasteiger partial charge is 0.303 e. The highest BCUT2D eigenvalue weighted by Gasteiger charge is 2.32. The van der Waals surface area contributed by atoms with Crippen molar-refractivity contribution in [1.29, 1.82) is 0 Å². The fourth-order valence-electron chi connectivity index (χ4n) is 4.04. The van der Waals surface area contributed by atoms with Gasteiger partial charge >= 0.3 is 5.97 Å². The number of carbonyl (C=O) groups excluding carboxylic acids is 5. The number of quaternary nitrogens is 1. The molecule has 1 aromatic carbocycles. The van der Waals surface area contributed by atoms with Crippen molar-refractivity contribution in [3.05, 3.63) is 33.9 Å². The van der Waals surface area contributed by atoms with Crippen LogP contribution in [0.4, 0.5) is 5.69 Å². The van der Waals surface area contributed by atoms with Crippen molar-refractivity contribution in [2.45, 2.75) is 61.5 Å². The Balaban J connectivity index is 2.38. The molecule has 0 aliphatic carbocycles. The Labute approximate surface area is 272 Å². The minimum atomic E-state index is -1.44. The number of hydrogen-bond acceptors (Lipinski definition) is 11. The lowest BCUT2D eigenvalue weighted by molar-refractivity contribution is -0.960. The van der Waals surface area contributed by atoms with Crippen LogP contribution in [0.5, 0.6) is 0 Å². The molecule has 3 atom stereocenters. The van der Waals surface area contributed by atoms with Crippen LogP contribution in [0.2, 0.25) is 0 Å². The van der Waals surface area contributed by atoms with E-state index in [4.69, 9.17) is 17.1 Å². The fraction of sp³-hybridized carbons (Fsp3) is 0.429. The summed E-state index contributed by atoms with van der Waals surface area (Å²) in [5.74, 6) is -1.13. The van der Waals surface area contributed by atoms with Crippen LogP contribution in [-0.4, -0.2) is 82.5 Å². The summed E-state index contributed by atoms with van der Waals surface area (Å²) in [7, 11) is 0. The van der Waals surface area contributed by atoms with Crippen LogP contribution in [-0.2, 0) is 33.8 Å². The third-order valence-corrected chi connectivity index (χ3v) is 7.54. The Morgan fingerprint density at radius 2 is 1.85 bits per heavy atom. The van der Waals surface area contributed by atoms with Crippen LogP contribution in [0.3, 0.4) is 0 Å². The standard InChI is InChI=1S/C28H33N7O11S/c1-2-3-14-45-46-31-12-5-4-6-19-27(41)34-21(26(40)30-13-11-23(29)36)16-47-22-9-7-17(35(43)44)15-18(22)25(39)32-20(28(42)33-19)8-10-24(37)38/h1,7,9,15,19-21,31H,4-6,8,10-13,16H2,(H2,29,36)(H,30,40)(H,32,39)(H,33,42)(H,34,41)(H,37,38)/p+1/t19-,20-,21-/m0/s1. The van der Waals surface area contributed by atoms with E-state index in [0.29, 0.717) is 19.4 Å².